The smallest absolute Gasteiger partial charge is 0.416 e. The van der Waals surface area contributed by atoms with Gasteiger partial charge in [-0.05, 0) is 35.7 Å². The number of fused-ring (bicyclic) bond motifs is 4. The fourth-order valence-corrected chi connectivity index (χ4v) is 3.03. The van der Waals surface area contributed by atoms with E-state index in [4.69, 9.17) is 9.15 Å². The van der Waals surface area contributed by atoms with Crippen molar-refractivity contribution in [3.05, 3.63) is 64.3 Å². The van der Waals surface area contributed by atoms with Crippen molar-refractivity contribution in [2.75, 3.05) is 7.11 Å². The highest BCUT2D eigenvalue weighted by Gasteiger charge is 2.31. The van der Waals surface area contributed by atoms with Gasteiger partial charge in [0.05, 0.1) is 23.4 Å². The molecule has 0 radical (unpaired) electrons. The molecule has 3 aromatic carbocycles. The highest BCUT2D eigenvalue weighted by molar-refractivity contribution is 6.11. The molecule has 6 heteroatoms. The van der Waals surface area contributed by atoms with E-state index in [0.29, 0.717) is 16.7 Å². The van der Waals surface area contributed by atoms with Gasteiger partial charge in [0.25, 0.3) is 0 Å². The van der Waals surface area contributed by atoms with Crippen LogP contribution in [-0.4, -0.2) is 7.11 Å². The van der Waals surface area contributed by atoms with Crippen molar-refractivity contribution in [1.82, 2.24) is 0 Å². The quantitative estimate of drug-likeness (QED) is 0.355. The molecule has 3 nitrogen and oxygen atoms in total. The number of benzene rings is 3. The van der Waals surface area contributed by atoms with Gasteiger partial charge in [-0.2, -0.15) is 13.2 Å². The maximum absolute atomic E-state index is 13.0. The molecule has 0 aliphatic heterocycles. The van der Waals surface area contributed by atoms with Crippen LogP contribution < -0.4 is 10.2 Å². The molecule has 0 amide bonds. The van der Waals surface area contributed by atoms with E-state index in [1.54, 1.807) is 30.3 Å². The molecule has 0 atom stereocenters. The van der Waals surface area contributed by atoms with Crippen LogP contribution in [0.25, 0.3) is 32.7 Å². The molecule has 0 aliphatic rings. The molecular weight excluding hydrogens is 333 g/mol. The lowest BCUT2D eigenvalue weighted by Crippen LogP contribution is -2.08. The van der Waals surface area contributed by atoms with E-state index in [-0.39, 0.29) is 16.4 Å². The Balaban J connectivity index is 2.22. The minimum absolute atomic E-state index is 0.110. The van der Waals surface area contributed by atoms with Gasteiger partial charge in [0.2, 0.25) is 5.43 Å². The molecule has 4 aromatic rings. The number of ether oxygens (including phenoxy) is 1. The zero-order chi connectivity index (χ0) is 17.8. The Labute approximate surface area is 139 Å². The maximum Gasteiger partial charge on any atom is 0.416 e. The first-order valence-electron chi connectivity index (χ1n) is 7.43. The number of hydrogen-bond acceptors (Lipinski definition) is 3. The number of hydrogen-bond donors (Lipinski definition) is 0. The van der Waals surface area contributed by atoms with Gasteiger partial charge in [-0.15, -0.1) is 0 Å². The Morgan fingerprint density at radius 2 is 1.72 bits per heavy atom. The fraction of sp³-hybridized carbons (Fsp3) is 0.105. The zero-order valence-electron chi connectivity index (χ0n) is 13.0. The third-order valence-electron chi connectivity index (χ3n) is 4.19. The summed E-state index contributed by atoms with van der Waals surface area (Å²) in [5.74, 6) is 0.460. The van der Waals surface area contributed by atoms with Crippen LogP contribution in [0, 0.1) is 0 Å². The van der Waals surface area contributed by atoms with E-state index in [0.717, 1.165) is 17.5 Å². The minimum atomic E-state index is -4.54. The lowest BCUT2D eigenvalue weighted by molar-refractivity contribution is -0.137. The largest absolute Gasteiger partial charge is 0.496 e. The highest BCUT2D eigenvalue weighted by Crippen LogP contribution is 2.34. The summed E-state index contributed by atoms with van der Waals surface area (Å²) >= 11 is 0. The predicted molar refractivity (Wildman–Crippen MR) is 89.1 cm³/mol. The molecular formula is C19H11F3O3. The molecule has 0 spiro atoms. The van der Waals surface area contributed by atoms with Gasteiger partial charge in [-0.3, -0.25) is 4.79 Å². The zero-order valence-corrected chi connectivity index (χ0v) is 13.0. The summed E-state index contributed by atoms with van der Waals surface area (Å²) < 4.78 is 49.9. The topological polar surface area (TPSA) is 39.4 Å². The maximum atomic E-state index is 13.0. The Bertz CT molecular complexity index is 1190. The Morgan fingerprint density at radius 1 is 0.960 bits per heavy atom. The first-order chi connectivity index (χ1) is 11.9. The molecule has 1 heterocycles. The molecule has 126 valence electrons. The number of rotatable bonds is 1. The number of halogens is 3. The average Bonchev–Trinajstić information content (AvgIpc) is 2.59. The summed E-state index contributed by atoms with van der Waals surface area (Å²) in [5.41, 5.74) is -0.995. The SMILES string of the molecule is COc1cccc2ccc3oc4ccc(C(F)(F)F)cc4c(=O)c3c12. The van der Waals surface area contributed by atoms with E-state index in [9.17, 15) is 18.0 Å². The van der Waals surface area contributed by atoms with E-state index >= 15 is 0 Å². The monoisotopic (exact) mass is 344 g/mol. The standard InChI is InChI=1S/C19H11F3O3/c1-24-14-4-2-3-10-5-7-15-17(16(10)14)18(23)12-9-11(19(20,21)22)6-8-13(12)25-15/h2-9H,1H3. The van der Waals surface area contributed by atoms with Crippen molar-refractivity contribution in [2.45, 2.75) is 6.18 Å². The summed E-state index contributed by atoms with van der Waals surface area (Å²) in [6.07, 6.45) is -4.54. The highest BCUT2D eigenvalue weighted by atomic mass is 19.4. The van der Waals surface area contributed by atoms with Crippen LogP contribution in [0.2, 0.25) is 0 Å². The Kier molecular flexibility index (Phi) is 3.25. The normalized spacial score (nSPS) is 12.2. The second-order valence-corrected chi connectivity index (χ2v) is 5.64. The first-order valence-corrected chi connectivity index (χ1v) is 7.43. The van der Waals surface area contributed by atoms with Crippen molar-refractivity contribution in [3.63, 3.8) is 0 Å². The predicted octanol–water partition coefficient (Wildman–Crippen LogP) is 5.13. The molecule has 0 unspecified atom stereocenters. The number of alkyl halides is 3. The third kappa shape index (κ3) is 2.33. The third-order valence-corrected chi connectivity index (χ3v) is 4.19. The van der Waals surface area contributed by atoms with Crippen LogP contribution in [0.1, 0.15) is 5.56 Å². The summed E-state index contributed by atoms with van der Waals surface area (Å²) in [4.78, 5) is 13.0. The molecule has 0 aliphatic carbocycles. The van der Waals surface area contributed by atoms with Gasteiger partial charge < -0.3 is 9.15 Å². The van der Waals surface area contributed by atoms with Crippen LogP contribution in [-0.2, 0) is 6.18 Å². The van der Waals surface area contributed by atoms with Crippen molar-refractivity contribution in [1.29, 1.82) is 0 Å². The summed E-state index contributed by atoms with van der Waals surface area (Å²) in [7, 11) is 1.47. The van der Waals surface area contributed by atoms with E-state index in [1.165, 1.54) is 13.2 Å². The van der Waals surface area contributed by atoms with Crippen molar-refractivity contribution < 1.29 is 22.3 Å². The summed E-state index contributed by atoms with van der Waals surface area (Å²) in [6, 6.07) is 11.6. The van der Waals surface area contributed by atoms with Gasteiger partial charge >= 0.3 is 6.18 Å². The van der Waals surface area contributed by atoms with Crippen molar-refractivity contribution in [2.24, 2.45) is 0 Å². The first kappa shape index (κ1) is 15.5. The minimum Gasteiger partial charge on any atom is -0.496 e. The van der Waals surface area contributed by atoms with Gasteiger partial charge in [-0.1, -0.05) is 18.2 Å². The van der Waals surface area contributed by atoms with Crippen LogP contribution in [0.3, 0.4) is 0 Å². The van der Waals surface area contributed by atoms with Gasteiger partial charge in [0.15, 0.2) is 0 Å². The molecule has 4 rings (SSSR count). The van der Waals surface area contributed by atoms with Crippen LogP contribution in [0.4, 0.5) is 13.2 Å². The molecule has 0 bridgehead atoms. The molecule has 0 saturated carbocycles. The summed E-state index contributed by atoms with van der Waals surface area (Å²) in [6.45, 7) is 0. The van der Waals surface area contributed by atoms with Crippen LogP contribution >= 0.6 is 0 Å². The molecule has 0 fully saturated rings. The molecule has 25 heavy (non-hydrogen) atoms. The number of methoxy groups -OCH3 is 1. The van der Waals surface area contributed by atoms with Crippen molar-refractivity contribution in [3.8, 4) is 5.75 Å². The lowest BCUT2D eigenvalue weighted by Gasteiger charge is -2.10. The van der Waals surface area contributed by atoms with Gasteiger partial charge in [0, 0.05) is 5.39 Å². The molecule has 1 aromatic heterocycles. The average molecular weight is 344 g/mol. The second kappa shape index (κ2) is 5.24. The van der Waals surface area contributed by atoms with E-state index in [1.807, 2.05) is 0 Å². The lowest BCUT2D eigenvalue weighted by atomic mass is 10.0. The van der Waals surface area contributed by atoms with Crippen molar-refractivity contribution >= 4 is 32.7 Å². The molecule has 0 saturated heterocycles. The van der Waals surface area contributed by atoms with Crippen LogP contribution in [0.5, 0.6) is 5.75 Å². The molecule has 0 N–H and O–H groups in total. The van der Waals surface area contributed by atoms with E-state index in [2.05, 4.69) is 0 Å². The van der Waals surface area contributed by atoms with Gasteiger partial charge in [-0.25, -0.2) is 0 Å². The van der Waals surface area contributed by atoms with E-state index < -0.39 is 17.2 Å². The second-order valence-electron chi connectivity index (χ2n) is 5.64. The van der Waals surface area contributed by atoms with Gasteiger partial charge in [0.1, 0.15) is 16.9 Å². The Hall–Kier alpha value is -3.02. The summed E-state index contributed by atoms with van der Waals surface area (Å²) in [5, 5.41) is 1.36. The van der Waals surface area contributed by atoms with Crippen LogP contribution in [0.15, 0.2) is 57.7 Å². The fourth-order valence-electron chi connectivity index (χ4n) is 3.03. The Morgan fingerprint density at radius 3 is 2.44 bits per heavy atom.